The van der Waals surface area contributed by atoms with Crippen LogP contribution in [0.4, 0.5) is 0 Å². The molecule has 0 spiro atoms. The minimum atomic E-state index is 0.678. The number of rotatable bonds is 6. The standard InChI is InChI=1S/C37H26N6/c1-25-42-36(30-20-26(32-10-2-6-14-38-32)18-27(21-30)33-11-3-7-15-39-33)24-37(43-25)31-22-28(34-12-4-8-16-40-34)19-29(23-31)35-13-5-9-17-41-35/h2-24H,1H3. The first-order valence-corrected chi connectivity index (χ1v) is 14.0. The van der Waals surface area contributed by atoms with Crippen LogP contribution in [0, 0.1) is 6.92 Å². The number of aryl methyl sites for hydroxylation is 1. The van der Waals surface area contributed by atoms with Crippen molar-refractivity contribution in [1.82, 2.24) is 29.9 Å². The largest absolute Gasteiger partial charge is 0.256 e. The van der Waals surface area contributed by atoms with Gasteiger partial charge >= 0.3 is 0 Å². The number of pyridine rings is 4. The van der Waals surface area contributed by atoms with E-state index in [1.165, 1.54) is 0 Å². The van der Waals surface area contributed by atoms with E-state index in [0.29, 0.717) is 5.82 Å². The predicted molar refractivity (Wildman–Crippen MR) is 171 cm³/mol. The summed E-state index contributed by atoms with van der Waals surface area (Å²) in [6, 6.07) is 38.5. The van der Waals surface area contributed by atoms with E-state index in [2.05, 4.69) is 56.3 Å². The Morgan fingerprint density at radius 1 is 0.326 bits per heavy atom. The average Bonchev–Trinajstić information content (AvgIpc) is 3.09. The molecule has 0 saturated carbocycles. The molecule has 0 atom stereocenters. The molecule has 6 heteroatoms. The zero-order valence-corrected chi connectivity index (χ0v) is 23.5. The van der Waals surface area contributed by atoms with Crippen LogP contribution in [0.5, 0.6) is 0 Å². The smallest absolute Gasteiger partial charge is 0.126 e. The van der Waals surface area contributed by atoms with Gasteiger partial charge in [-0.2, -0.15) is 0 Å². The van der Waals surface area contributed by atoms with Crippen molar-refractivity contribution in [2.24, 2.45) is 0 Å². The first-order valence-electron chi connectivity index (χ1n) is 14.0. The number of nitrogens with zero attached hydrogens (tertiary/aromatic N) is 6. The first kappa shape index (κ1) is 26.0. The lowest BCUT2D eigenvalue weighted by Gasteiger charge is -2.13. The van der Waals surface area contributed by atoms with Crippen LogP contribution in [-0.4, -0.2) is 29.9 Å². The monoisotopic (exact) mass is 554 g/mol. The molecule has 0 amide bonds. The molecule has 7 rings (SSSR count). The molecule has 2 aromatic carbocycles. The first-order chi connectivity index (χ1) is 21.2. The van der Waals surface area contributed by atoms with E-state index in [4.69, 9.17) is 9.97 Å². The molecule has 0 aliphatic carbocycles. The van der Waals surface area contributed by atoms with Crippen LogP contribution in [0.1, 0.15) is 5.82 Å². The van der Waals surface area contributed by atoms with Gasteiger partial charge in [-0.15, -0.1) is 0 Å². The maximum atomic E-state index is 4.88. The fourth-order valence-corrected chi connectivity index (χ4v) is 5.14. The molecule has 0 aliphatic rings. The van der Waals surface area contributed by atoms with Gasteiger partial charge in [0.2, 0.25) is 0 Å². The summed E-state index contributed by atoms with van der Waals surface area (Å²) in [5.74, 6) is 0.678. The summed E-state index contributed by atoms with van der Waals surface area (Å²) in [6.45, 7) is 1.93. The lowest BCUT2D eigenvalue weighted by molar-refractivity contribution is 1.06. The summed E-state index contributed by atoms with van der Waals surface area (Å²) in [5, 5.41) is 0. The molecular formula is C37H26N6. The Bertz CT molecular complexity index is 1750. The molecule has 0 bridgehead atoms. The Kier molecular flexibility index (Phi) is 6.99. The van der Waals surface area contributed by atoms with Crippen molar-refractivity contribution < 1.29 is 0 Å². The van der Waals surface area contributed by atoms with Gasteiger partial charge in [-0.1, -0.05) is 24.3 Å². The highest BCUT2D eigenvalue weighted by atomic mass is 14.9. The van der Waals surface area contributed by atoms with Gasteiger partial charge in [0.15, 0.2) is 0 Å². The third-order valence-corrected chi connectivity index (χ3v) is 7.14. The number of benzene rings is 2. The normalized spacial score (nSPS) is 10.9. The molecule has 7 aromatic rings. The summed E-state index contributed by atoms with van der Waals surface area (Å²) in [4.78, 5) is 28.2. The van der Waals surface area contributed by atoms with Crippen LogP contribution < -0.4 is 0 Å². The Hall–Kier alpha value is -5.88. The van der Waals surface area contributed by atoms with Crippen LogP contribution in [0.2, 0.25) is 0 Å². The lowest BCUT2D eigenvalue weighted by Crippen LogP contribution is -1.97. The van der Waals surface area contributed by atoms with E-state index in [-0.39, 0.29) is 0 Å². The maximum absolute atomic E-state index is 4.88. The Morgan fingerprint density at radius 3 is 0.860 bits per heavy atom. The third kappa shape index (κ3) is 5.67. The number of hydrogen-bond donors (Lipinski definition) is 0. The summed E-state index contributed by atoms with van der Waals surface area (Å²) < 4.78 is 0. The zero-order chi connectivity index (χ0) is 29.0. The second-order valence-electron chi connectivity index (χ2n) is 10.1. The molecule has 204 valence electrons. The van der Waals surface area contributed by atoms with Crippen molar-refractivity contribution in [1.29, 1.82) is 0 Å². The fraction of sp³-hybridized carbons (Fsp3) is 0.0270. The van der Waals surface area contributed by atoms with Gasteiger partial charge in [-0.3, -0.25) is 19.9 Å². The van der Waals surface area contributed by atoms with Gasteiger partial charge in [0.25, 0.3) is 0 Å². The predicted octanol–water partition coefficient (Wildman–Crippen LogP) is 8.37. The molecule has 43 heavy (non-hydrogen) atoms. The van der Waals surface area contributed by atoms with Gasteiger partial charge < -0.3 is 0 Å². The van der Waals surface area contributed by atoms with E-state index in [1.54, 1.807) is 0 Å². The molecule has 0 saturated heterocycles. The Balaban J connectivity index is 1.40. The molecule has 5 aromatic heterocycles. The van der Waals surface area contributed by atoms with Gasteiger partial charge in [-0.05, 0) is 97.9 Å². The van der Waals surface area contributed by atoms with Crippen LogP contribution in [0.25, 0.3) is 67.5 Å². The van der Waals surface area contributed by atoms with Crippen LogP contribution in [0.15, 0.2) is 140 Å². The topological polar surface area (TPSA) is 77.3 Å². The lowest BCUT2D eigenvalue weighted by atomic mass is 9.96. The summed E-state index contributed by atoms with van der Waals surface area (Å²) >= 11 is 0. The minimum absolute atomic E-state index is 0.678. The van der Waals surface area contributed by atoms with Crippen molar-refractivity contribution in [2.75, 3.05) is 0 Å². The summed E-state index contributed by atoms with van der Waals surface area (Å²) in [5.41, 5.74) is 11.1. The fourth-order valence-electron chi connectivity index (χ4n) is 5.14. The molecule has 0 aliphatic heterocycles. The maximum Gasteiger partial charge on any atom is 0.126 e. The van der Waals surface area contributed by atoms with Crippen molar-refractivity contribution in [3.05, 3.63) is 146 Å². The second-order valence-corrected chi connectivity index (χ2v) is 10.1. The highest BCUT2D eigenvalue weighted by Crippen LogP contribution is 2.34. The summed E-state index contributed by atoms with van der Waals surface area (Å²) in [7, 11) is 0. The highest BCUT2D eigenvalue weighted by Gasteiger charge is 2.14. The SMILES string of the molecule is Cc1nc(-c2cc(-c3ccccn3)cc(-c3ccccn3)c2)cc(-c2cc(-c3ccccn3)cc(-c3ccccn3)c2)n1. The molecule has 0 radical (unpaired) electrons. The highest BCUT2D eigenvalue weighted by molar-refractivity contribution is 5.82. The van der Waals surface area contributed by atoms with Gasteiger partial charge in [0.1, 0.15) is 5.82 Å². The Labute approximate surface area is 249 Å². The minimum Gasteiger partial charge on any atom is -0.256 e. The molecule has 5 heterocycles. The van der Waals surface area contributed by atoms with Crippen LogP contribution >= 0.6 is 0 Å². The van der Waals surface area contributed by atoms with Crippen LogP contribution in [0.3, 0.4) is 0 Å². The molecular weight excluding hydrogens is 528 g/mol. The number of aromatic nitrogens is 6. The van der Waals surface area contributed by atoms with E-state index >= 15 is 0 Å². The molecule has 6 nitrogen and oxygen atoms in total. The van der Waals surface area contributed by atoms with Gasteiger partial charge in [0, 0.05) is 58.2 Å². The molecule has 0 unspecified atom stereocenters. The van der Waals surface area contributed by atoms with Crippen molar-refractivity contribution in [3.8, 4) is 67.5 Å². The van der Waals surface area contributed by atoms with Crippen molar-refractivity contribution in [2.45, 2.75) is 6.92 Å². The van der Waals surface area contributed by atoms with Gasteiger partial charge in [-0.25, -0.2) is 9.97 Å². The zero-order valence-electron chi connectivity index (χ0n) is 23.5. The van der Waals surface area contributed by atoms with E-state index < -0.39 is 0 Å². The Morgan fingerprint density at radius 2 is 0.605 bits per heavy atom. The van der Waals surface area contributed by atoms with Gasteiger partial charge in [0.05, 0.1) is 34.2 Å². The van der Waals surface area contributed by atoms with Crippen LogP contribution in [-0.2, 0) is 0 Å². The van der Waals surface area contributed by atoms with E-state index in [9.17, 15) is 0 Å². The summed E-state index contributed by atoms with van der Waals surface area (Å²) in [6.07, 6.45) is 7.23. The van der Waals surface area contributed by atoms with E-state index in [1.807, 2.05) is 111 Å². The molecule has 0 fully saturated rings. The number of hydrogen-bond acceptors (Lipinski definition) is 6. The third-order valence-electron chi connectivity index (χ3n) is 7.14. The van der Waals surface area contributed by atoms with Crippen molar-refractivity contribution >= 4 is 0 Å². The second kappa shape index (κ2) is 11.5. The quantitative estimate of drug-likeness (QED) is 0.206. The molecule has 0 N–H and O–H groups in total. The van der Waals surface area contributed by atoms with E-state index in [0.717, 1.165) is 67.5 Å². The van der Waals surface area contributed by atoms with Crippen molar-refractivity contribution in [3.63, 3.8) is 0 Å². The average molecular weight is 555 g/mol.